The van der Waals surface area contributed by atoms with Crippen LogP contribution in [0.3, 0.4) is 0 Å². The minimum Gasteiger partial charge on any atom is -0.466 e. The van der Waals surface area contributed by atoms with Gasteiger partial charge in [0.15, 0.2) is 0 Å². The third kappa shape index (κ3) is 2.19. The summed E-state index contributed by atoms with van der Waals surface area (Å²) < 4.78 is 4.88. The minimum absolute atomic E-state index is 0.0206. The summed E-state index contributed by atoms with van der Waals surface area (Å²) in [6.07, 6.45) is 1.000. The number of nitrogens with one attached hydrogen (secondary N) is 1. The van der Waals surface area contributed by atoms with Gasteiger partial charge in [0.05, 0.1) is 12.5 Å². The summed E-state index contributed by atoms with van der Waals surface area (Å²) in [5.41, 5.74) is 0. The quantitative estimate of drug-likeness (QED) is 0.600. The lowest BCUT2D eigenvalue weighted by Gasteiger charge is -1.99. The van der Waals surface area contributed by atoms with Crippen LogP contribution >= 0.6 is 0 Å². The summed E-state index contributed by atoms with van der Waals surface area (Å²) >= 11 is 0. The van der Waals surface area contributed by atoms with E-state index in [4.69, 9.17) is 4.74 Å². The first-order valence-electron chi connectivity index (χ1n) is 4.10. The molecule has 3 heteroatoms. The van der Waals surface area contributed by atoms with Gasteiger partial charge in [-0.05, 0) is 32.9 Å². The third-order valence-corrected chi connectivity index (χ3v) is 1.98. The van der Waals surface area contributed by atoms with E-state index in [-0.39, 0.29) is 11.9 Å². The molecule has 1 aliphatic rings. The summed E-state index contributed by atoms with van der Waals surface area (Å²) in [5.74, 6) is 0.689. The Balaban J connectivity index is 2.15. The predicted molar refractivity (Wildman–Crippen MR) is 42.2 cm³/mol. The van der Waals surface area contributed by atoms with Gasteiger partial charge in [-0.25, -0.2) is 0 Å². The van der Waals surface area contributed by atoms with E-state index in [1.54, 1.807) is 0 Å². The molecule has 1 N–H and O–H groups in total. The molecule has 0 bridgehead atoms. The van der Waals surface area contributed by atoms with E-state index in [0.717, 1.165) is 13.0 Å². The fourth-order valence-electron chi connectivity index (χ4n) is 1.27. The molecule has 0 saturated heterocycles. The van der Waals surface area contributed by atoms with E-state index in [9.17, 15) is 4.79 Å². The summed E-state index contributed by atoms with van der Waals surface area (Å²) in [7, 11) is 1.90. The summed E-state index contributed by atoms with van der Waals surface area (Å²) in [6.45, 7) is 3.28. The average molecular weight is 157 g/mol. The highest BCUT2D eigenvalue weighted by atomic mass is 16.5. The molecule has 0 spiro atoms. The number of esters is 1. The van der Waals surface area contributed by atoms with Crippen molar-refractivity contribution in [1.29, 1.82) is 0 Å². The van der Waals surface area contributed by atoms with Crippen molar-refractivity contribution in [3.63, 3.8) is 0 Å². The topological polar surface area (TPSA) is 38.3 Å². The molecular formula is C8H15NO2. The van der Waals surface area contributed by atoms with Crippen LogP contribution in [0.5, 0.6) is 0 Å². The molecule has 0 heterocycles. The normalized spacial score (nSPS) is 28.2. The van der Waals surface area contributed by atoms with Crippen molar-refractivity contribution in [1.82, 2.24) is 5.32 Å². The number of hydrogen-bond acceptors (Lipinski definition) is 3. The SMILES string of the molecule is CCOC(=O)C1CC1CNC. The maximum atomic E-state index is 11.0. The van der Waals surface area contributed by atoms with Crippen LogP contribution in [0.25, 0.3) is 0 Å². The smallest absolute Gasteiger partial charge is 0.309 e. The molecule has 3 nitrogen and oxygen atoms in total. The van der Waals surface area contributed by atoms with E-state index >= 15 is 0 Å². The van der Waals surface area contributed by atoms with Gasteiger partial charge in [-0.3, -0.25) is 4.79 Å². The second kappa shape index (κ2) is 3.72. The molecule has 0 aromatic rings. The highest BCUT2D eigenvalue weighted by molar-refractivity contribution is 5.75. The number of ether oxygens (including phenoxy) is 1. The van der Waals surface area contributed by atoms with Crippen LogP contribution < -0.4 is 5.32 Å². The van der Waals surface area contributed by atoms with Crippen molar-refractivity contribution in [2.75, 3.05) is 20.2 Å². The van der Waals surface area contributed by atoms with Gasteiger partial charge in [0.2, 0.25) is 0 Å². The van der Waals surface area contributed by atoms with Crippen molar-refractivity contribution < 1.29 is 9.53 Å². The van der Waals surface area contributed by atoms with E-state index in [1.165, 1.54) is 0 Å². The van der Waals surface area contributed by atoms with Gasteiger partial charge >= 0.3 is 5.97 Å². The zero-order valence-corrected chi connectivity index (χ0v) is 7.09. The second-order valence-corrected chi connectivity index (χ2v) is 2.91. The average Bonchev–Trinajstić information content (AvgIpc) is 2.69. The Kier molecular flexibility index (Phi) is 2.88. The highest BCUT2D eigenvalue weighted by Crippen LogP contribution is 2.38. The van der Waals surface area contributed by atoms with Crippen LogP contribution in [0.2, 0.25) is 0 Å². The molecule has 2 atom stereocenters. The van der Waals surface area contributed by atoms with Crippen LogP contribution in [0.4, 0.5) is 0 Å². The molecule has 0 aliphatic heterocycles. The lowest BCUT2D eigenvalue weighted by molar-refractivity contribution is -0.145. The number of carbonyl (C=O) groups is 1. The molecule has 2 unspecified atom stereocenters. The lowest BCUT2D eigenvalue weighted by atomic mass is 10.3. The zero-order chi connectivity index (χ0) is 8.27. The lowest BCUT2D eigenvalue weighted by Crippen LogP contribution is -2.14. The molecule has 1 fully saturated rings. The van der Waals surface area contributed by atoms with E-state index in [1.807, 2.05) is 14.0 Å². The Morgan fingerprint density at radius 1 is 1.73 bits per heavy atom. The van der Waals surface area contributed by atoms with Crippen LogP contribution in [0.15, 0.2) is 0 Å². The molecule has 11 heavy (non-hydrogen) atoms. The van der Waals surface area contributed by atoms with Crippen molar-refractivity contribution in [2.24, 2.45) is 11.8 Å². The molecule has 0 aromatic carbocycles. The van der Waals surface area contributed by atoms with E-state index in [0.29, 0.717) is 12.5 Å². The van der Waals surface area contributed by atoms with Gasteiger partial charge in [0.1, 0.15) is 0 Å². The monoisotopic (exact) mass is 157 g/mol. The molecule has 0 radical (unpaired) electrons. The van der Waals surface area contributed by atoms with Gasteiger partial charge < -0.3 is 10.1 Å². The summed E-state index contributed by atoms with van der Waals surface area (Å²) in [4.78, 5) is 11.0. The fraction of sp³-hybridized carbons (Fsp3) is 0.875. The van der Waals surface area contributed by atoms with E-state index in [2.05, 4.69) is 5.32 Å². The van der Waals surface area contributed by atoms with Crippen LogP contribution in [-0.2, 0) is 9.53 Å². The van der Waals surface area contributed by atoms with E-state index < -0.39 is 0 Å². The van der Waals surface area contributed by atoms with Gasteiger partial charge in [-0.15, -0.1) is 0 Å². The zero-order valence-electron chi connectivity index (χ0n) is 7.09. The molecule has 1 aliphatic carbocycles. The first kappa shape index (κ1) is 8.53. The highest BCUT2D eigenvalue weighted by Gasteiger charge is 2.43. The molecule has 1 rings (SSSR count). The standard InChI is InChI=1S/C8H15NO2/c1-3-11-8(10)7-4-6(7)5-9-2/h6-7,9H,3-5H2,1-2H3. The Morgan fingerprint density at radius 3 is 3.00 bits per heavy atom. The Bertz CT molecular complexity index is 147. The summed E-state index contributed by atoms with van der Waals surface area (Å²) in [6, 6.07) is 0. The maximum Gasteiger partial charge on any atom is 0.309 e. The van der Waals surface area contributed by atoms with Gasteiger partial charge in [-0.1, -0.05) is 0 Å². The molecule has 0 amide bonds. The van der Waals surface area contributed by atoms with Gasteiger partial charge in [0, 0.05) is 0 Å². The van der Waals surface area contributed by atoms with Crippen molar-refractivity contribution in [3.8, 4) is 0 Å². The molecule has 0 aromatic heterocycles. The fourth-order valence-corrected chi connectivity index (χ4v) is 1.27. The number of hydrogen-bond donors (Lipinski definition) is 1. The van der Waals surface area contributed by atoms with Gasteiger partial charge in [0.25, 0.3) is 0 Å². The van der Waals surface area contributed by atoms with Crippen molar-refractivity contribution in [2.45, 2.75) is 13.3 Å². The first-order chi connectivity index (χ1) is 5.29. The molecule has 1 saturated carbocycles. The number of carbonyl (C=O) groups excluding carboxylic acids is 1. The predicted octanol–water partition coefficient (Wildman–Crippen LogP) is 0.405. The van der Waals surface area contributed by atoms with Crippen molar-refractivity contribution in [3.05, 3.63) is 0 Å². The largest absolute Gasteiger partial charge is 0.466 e. The number of rotatable bonds is 4. The van der Waals surface area contributed by atoms with Crippen LogP contribution in [0.1, 0.15) is 13.3 Å². The summed E-state index contributed by atoms with van der Waals surface area (Å²) in [5, 5.41) is 3.05. The molecular weight excluding hydrogens is 142 g/mol. The Morgan fingerprint density at radius 2 is 2.45 bits per heavy atom. The Hall–Kier alpha value is -0.570. The Labute approximate surface area is 67.1 Å². The maximum absolute atomic E-state index is 11.0. The molecule has 64 valence electrons. The van der Waals surface area contributed by atoms with Crippen LogP contribution in [-0.4, -0.2) is 26.2 Å². The third-order valence-electron chi connectivity index (χ3n) is 1.98. The van der Waals surface area contributed by atoms with Crippen LogP contribution in [0, 0.1) is 11.8 Å². The second-order valence-electron chi connectivity index (χ2n) is 2.91. The first-order valence-corrected chi connectivity index (χ1v) is 4.10. The minimum atomic E-state index is -0.0206. The van der Waals surface area contributed by atoms with Gasteiger partial charge in [-0.2, -0.15) is 0 Å². The van der Waals surface area contributed by atoms with Crippen molar-refractivity contribution >= 4 is 5.97 Å².